The Morgan fingerprint density at radius 3 is 2.11 bits per heavy atom. The number of benzene rings is 5. The van der Waals surface area contributed by atoms with Crippen molar-refractivity contribution in [2.24, 2.45) is 0 Å². The first-order valence-electron chi connectivity index (χ1n) is 15.7. The molecule has 0 atom stereocenters. The van der Waals surface area contributed by atoms with E-state index in [1.54, 1.807) is 6.20 Å². The van der Waals surface area contributed by atoms with Gasteiger partial charge in [-0.1, -0.05) is 75.8 Å². The summed E-state index contributed by atoms with van der Waals surface area (Å²) >= 11 is 0. The normalized spacial score (nSPS) is 12.9. The van der Waals surface area contributed by atoms with E-state index in [4.69, 9.17) is 0 Å². The smallest absolute Gasteiger partial charge is 0.490 e. The molecule has 2 aliphatic rings. The maximum absolute atomic E-state index is 4.22. The fourth-order valence-corrected chi connectivity index (χ4v) is 6.21. The van der Waals surface area contributed by atoms with Crippen molar-refractivity contribution in [2.75, 3.05) is 21.7 Å². The van der Waals surface area contributed by atoms with E-state index in [1.807, 2.05) is 42.5 Å². The van der Waals surface area contributed by atoms with Crippen molar-refractivity contribution in [3.8, 4) is 11.3 Å². The van der Waals surface area contributed by atoms with Crippen molar-refractivity contribution in [3.63, 3.8) is 0 Å². The van der Waals surface area contributed by atoms with Gasteiger partial charge in [0.15, 0.2) is 0 Å². The first kappa shape index (κ1) is 31.5. The van der Waals surface area contributed by atoms with Gasteiger partial charge in [0.25, 0.3) is 0 Å². The average molecular weight is 778 g/mol. The Morgan fingerprint density at radius 1 is 0.696 bits per heavy atom. The van der Waals surface area contributed by atoms with Crippen LogP contribution in [0.3, 0.4) is 0 Å². The minimum atomic E-state index is 0. The van der Waals surface area contributed by atoms with Crippen LogP contribution in [0.25, 0.3) is 22.0 Å². The van der Waals surface area contributed by atoms with Gasteiger partial charge in [-0.3, -0.25) is 0 Å². The van der Waals surface area contributed by atoms with Crippen LogP contribution in [0.15, 0.2) is 115 Å². The third-order valence-electron chi connectivity index (χ3n) is 8.69. The summed E-state index contributed by atoms with van der Waals surface area (Å²) in [6.07, 6.45) is 1.79. The predicted octanol–water partition coefficient (Wildman–Crippen LogP) is 10.9. The molecule has 5 heteroatoms. The molecule has 8 rings (SSSR count). The molecule has 0 spiro atoms. The van der Waals surface area contributed by atoms with Crippen molar-refractivity contribution in [1.82, 2.24) is 4.98 Å². The number of hydrogen-bond acceptors (Lipinski definition) is 4. The van der Waals surface area contributed by atoms with Gasteiger partial charge in [0, 0.05) is 17.6 Å². The second-order valence-electron chi connectivity index (χ2n) is 12.3. The summed E-state index contributed by atoms with van der Waals surface area (Å²) in [5.74, 6) is 0.961. The molecule has 46 heavy (non-hydrogen) atoms. The molecule has 4 nitrogen and oxygen atoms in total. The molecule has 230 valence electrons. The molecule has 0 saturated heterocycles. The van der Waals surface area contributed by atoms with Crippen LogP contribution < -0.4 is 14.7 Å². The van der Waals surface area contributed by atoms with Crippen molar-refractivity contribution in [3.05, 3.63) is 145 Å². The Morgan fingerprint density at radius 2 is 1.41 bits per heavy atom. The molecule has 0 amide bonds. The Balaban J connectivity index is 0.000000241. The molecular formula is C41H37IrN4. The molecule has 0 unspecified atom stereocenters. The number of pyridine rings is 1. The van der Waals surface area contributed by atoms with Crippen molar-refractivity contribution < 1.29 is 20.1 Å². The van der Waals surface area contributed by atoms with Gasteiger partial charge in [-0.2, -0.15) is 12.1 Å². The number of anilines is 6. The van der Waals surface area contributed by atoms with E-state index in [-0.39, 0.29) is 20.1 Å². The molecule has 0 saturated carbocycles. The number of fused-ring (bicyclic) bond motifs is 4. The number of hydrogen-bond donors (Lipinski definition) is 0. The maximum atomic E-state index is 4.22. The van der Waals surface area contributed by atoms with Crippen LogP contribution in [-0.2, 0) is 20.1 Å². The van der Waals surface area contributed by atoms with Gasteiger partial charge in [-0.15, -0.1) is 59.4 Å². The summed E-state index contributed by atoms with van der Waals surface area (Å²) in [5, 5.41) is 2.46. The number of nitrogens with zero attached hydrogens (tertiary/aromatic N) is 4. The van der Waals surface area contributed by atoms with Crippen LogP contribution in [0, 0.1) is 18.8 Å². The fraction of sp³-hybridized carbons (Fsp3) is 0.171. The summed E-state index contributed by atoms with van der Waals surface area (Å²) in [4.78, 5) is 11.2. The minimum Gasteiger partial charge on any atom is -0.490 e. The van der Waals surface area contributed by atoms with E-state index < -0.39 is 0 Å². The first-order valence-corrected chi connectivity index (χ1v) is 15.7. The monoisotopic (exact) mass is 778 g/mol. The molecule has 0 radical (unpaired) electrons. The quantitative estimate of drug-likeness (QED) is 0.166. The van der Waals surface area contributed by atoms with E-state index in [2.05, 4.69) is 140 Å². The van der Waals surface area contributed by atoms with E-state index in [0.717, 1.165) is 16.9 Å². The van der Waals surface area contributed by atoms with Crippen LogP contribution in [0.5, 0.6) is 0 Å². The second-order valence-corrected chi connectivity index (χ2v) is 12.3. The van der Waals surface area contributed by atoms with Gasteiger partial charge in [-0.05, 0) is 71.7 Å². The van der Waals surface area contributed by atoms with Gasteiger partial charge in [0.05, 0.1) is 11.4 Å². The van der Waals surface area contributed by atoms with Gasteiger partial charge in [0.2, 0.25) is 0 Å². The van der Waals surface area contributed by atoms with Gasteiger partial charge in [0.1, 0.15) is 0 Å². The Labute approximate surface area is 286 Å². The SMILES string of the molecule is CC(C)c1cc(C(C)C)cc(N2[CH-]N3c4[c-]cc5ccccc5c4N(C)c4cccc2c43)c1.[Ir+3].[c-]1ccccc1-c1ccccn1. The Kier molecular flexibility index (Phi) is 8.99. The summed E-state index contributed by atoms with van der Waals surface area (Å²) in [5.41, 5.74) is 11.9. The maximum Gasteiger partial charge on any atom is 3.00 e. The zero-order valence-electron chi connectivity index (χ0n) is 26.8. The van der Waals surface area contributed by atoms with Crippen LogP contribution >= 0.6 is 0 Å². The molecule has 0 bridgehead atoms. The Bertz CT molecular complexity index is 1910. The third-order valence-corrected chi connectivity index (χ3v) is 8.69. The molecule has 0 fully saturated rings. The zero-order valence-corrected chi connectivity index (χ0v) is 29.2. The van der Waals surface area contributed by atoms with Gasteiger partial charge < -0.3 is 19.7 Å². The molecule has 0 N–H and O–H groups in total. The summed E-state index contributed by atoms with van der Waals surface area (Å²) in [7, 11) is 2.17. The third kappa shape index (κ3) is 5.70. The van der Waals surface area contributed by atoms with E-state index in [1.165, 1.54) is 50.3 Å². The molecular weight excluding hydrogens is 741 g/mol. The topological polar surface area (TPSA) is 22.6 Å². The van der Waals surface area contributed by atoms with Crippen molar-refractivity contribution in [2.45, 2.75) is 39.5 Å². The summed E-state index contributed by atoms with van der Waals surface area (Å²) in [6, 6.07) is 44.8. The van der Waals surface area contributed by atoms with Crippen molar-refractivity contribution >= 4 is 44.9 Å². The summed E-state index contributed by atoms with van der Waals surface area (Å²) < 4.78 is 0. The molecule has 2 aliphatic heterocycles. The first-order chi connectivity index (χ1) is 21.9. The zero-order chi connectivity index (χ0) is 31.1. The molecule has 3 heterocycles. The van der Waals surface area contributed by atoms with Gasteiger partial charge in [-0.25, -0.2) is 0 Å². The van der Waals surface area contributed by atoms with Crippen LogP contribution in [0.4, 0.5) is 34.1 Å². The van der Waals surface area contributed by atoms with E-state index >= 15 is 0 Å². The minimum absolute atomic E-state index is 0. The van der Waals surface area contributed by atoms with Crippen LogP contribution in [-0.4, -0.2) is 12.0 Å². The van der Waals surface area contributed by atoms with Crippen LogP contribution in [0.1, 0.15) is 50.7 Å². The van der Waals surface area contributed by atoms with Gasteiger partial charge >= 0.3 is 20.1 Å². The molecule has 1 aromatic heterocycles. The standard InChI is InChI=1S/C30H29N3.C11H8N.Ir/c1-19(2)22-15-23(20(3)4)17-24(16-22)32-18-33-28-14-13-21-9-6-7-10-25(21)29(28)31(5)26-11-8-12-27(32)30(26)33;1-2-6-10(7-3-1)11-8-4-5-9-12-11;/h6-13,15-20H,1-5H3;1-6,8-9H;/q-2;-1;+3. The average Bonchev–Trinajstić information content (AvgIpc) is 3.48. The molecule has 0 aliphatic carbocycles. The van der Waals surface area contributed by atoms with E-state index in [9.17, 15) is 0 Å². The largest absolute Gasteiger partial charge is 3.00 e. The van der Waals surface area contributed by atoms with Crippen LogP contribution in [0.2, 0.25) is 0 Å². The predicted molar refractivity (Wildman–Crippen MR) is 189 cm³/mol. The van der Waals surface area contributed by atoms with E-state index in [0.29, 0.717) is 11.8 Å². The number of rotatable bonds is 4. The molecule has 6 aromatic rings. The fourth-order valence-electron chi connectivity index (χ4n) is 6.21. The Hall–Kier alpha value is -4.44. The van der Waals surface area contributed by atoms with Crippen molar-refractivity contribution in [1.29, 1.82) is 0 Å². The molecule has 5 aromatic carbocycles. The number of aromatic nitrogens is 1. The number of para-hydroxylation sites is 1. The summed E-state index contributed by atoms with van der Waals surface area (Å²) in [6.45, 7) is 11.3. The second kappa shape index (κ2) is 13.1.